The summed E-state index contributed by atoms with van der Waals surface area (Å²) in [6.07, 6.45) is -1.64. The molecule has 0 radical (unpaired) electrons. The first-order chi connectivity index (χ1) is 8.02. The number of ether oxygens (including phenoxy) is 1. The number of rotatable bonds is 2. The van der Waals surface area contributed by atoms with E-state index >= 15 is 0 Å². The van der Waals surface area contributed by atoms with Crippen molar-refractivity contribution < 1.29 is 14.2 Å². The Kier molecular flexibility index (Phi) is 3.45. The normalized spacial score (nSPS) is 28.5. The van der Waals surface area contributed by atoms with Gasteiger partial charge in [0.2, 0.25) is 0 Å². The number of halogens is 2. The highest BCUT2D eigenvalue weighted by atomic mass is 79.9. The maximum absolute atomic E-state index is 13.7. The number of aliphatic hydroxyl groups is 1. The molecule has 2 rings (SSSR count). The lowest BCUT2D eigenvalue weighted by molar-refractivity contribution is -0.0394. The first-order valence-electron chi connectivity index (χ1n) is 4.97. The lowest BCUT2D eigenvalue weighted by atomic mass is 10.2. The number of nitrogens with two attached hydrogens (primary N) is 1. The predicted molar refractivity (Wildman–Crippen MR) is 61.1 cm³/mol. The average molecular weight is 308 g/mol. The van der Waals surface area contributed by atoms with Crippen LogP contribution in [0.1, 0.15) is 12.6 Å². The molecule has 6 nitrogen and oxygen atoms in total. The maximum atomic E-state index is 13.7. The Morgan fingerprint density at radius 2 is 2.47 bits per heavy atom. The third-order valence-electron chi connectivity index (χ3n) is 2.54. The fraction of sp³-hybridized carbons (Fsp3) is 0.556. The lowest BCUT2D eigenvalue weighted by Gasteiger charge is -2.16. The van der Waals surface area contributed by atoms with Crippen LogP contribution in [0.5, 0.6) is 0 Å². The number of alkyl halides is 1. The summed E-state index contributed by atoms with van der Waals surface area (Å²) in [5.74, 6) is 0.0402. The van der Waals surface area contributed by atoms with Crippen LogP contribution in [0.2, 0.25) is 0 Å². The van der Waals surface area contributed by atoms with Crippen LogP contribution in [-0.2, 0) is 4.74 Å². The first-order valence-corrected chi connectivity index (χ1v) is 5.76. The molecule has 94 valence electrons. The molecule has 0 bridgehead atoms. The third kappa shape index (κ3) is 2.33. The van der Waals surface area contributed by atoms with Gasteiger partial charge in [-0.3, -0.25) is 4.57 Å². The Bertz CT molecular complexity index is 481. The van der Waals surface area contributed by atoms with Crippen LogP contribution in [-0.4, -0.2) is 33.5 Å². The molecule has 0 aliphatic carbocycles. The van der Waals surface area contributed by atoms with Gasteiger partial charge in [0.25, 0.3) is 0 Å². The Morgan fingerprint density at radius 3 is 3.06 bits per heavy atom. The van der Waals surface area contributed by atoms with Crippen LogP contribution in [0.4, 0.5) is 10.2 Å². The lowest BCUT2D eigenvalue weighted by Crippen LogP contribution is -2.31. The topological polar surface area (TPSA) is 90.4 Å². The molecule has 1 saturated heterocycles. The molecule has 1 fully saturated rings. The van der Waals surface area contributed by atoms with E-state index in [1.54, 1.807) is 0 Å². The fourth-order valence-electron chi connectivity index (χ4n) is 1.70. The zero-order valence-electron chi connectivity index (χ0n) is 8.72. The highest BCUT2D eigenvalue weighted by Gasteiger charge is 2.37. The molecule has 1 aliphatic rings. The summed E-state index contributed by atoms with van der Waals surface area (Å²) in [7, 11) is 0. The van der Waals surface area contributed by atoms with Crippen LogP contribution in [0.3, 0.4) is 0 Å². The maximum Gasteiger partial charge on any atom is 0.351 e. The minimum Gasteiger partial charge on any atom is -0.394 e. The minimum absolute atomic E-state index is 0.0402. The van der Waals surface area contributed by atoms with Gasteiger partial charge in [-0.2, -0.15) is 4.98 Å². The van der Waals surface area contributed by atoms with Gasteiger partial charge in [0.1, 0.15) is 12.0 Å². The van der Waals surface area contributed by atoms with Crippen LogP contribution in [0.25, 0.3) is 0 Å². The number of nitrogens with zero attached hydrogens (tertiary/aromatic N) is 2. The second-order valence-electron chi connectivity index (χ2n) is 3.75. The number of anilines is 1. The molecule has 1 aliphatic heterocycles. The highest BCUT2D eigenvalue weighted by Crippen LogP contribution is 2.30. The van der Waals surface area contributed by atoms with E-state index in [1.165, 1.54) is 6.20 Å². The second kappa shape index (κ2) is 4.71. The van der Waals surface area contributed by atoms with Crippen molar-refractivity contribution in [3.8, 4) is 0 Å². The zero-order chi connectivity index (χ0) is 12.6. The molecule has 0 saturated carbocycles. The van der Waals surface area contributed by atoms with Gasteiger partial charge in [-0.25, -0.2) is 9.18 Å². The molecular formula is C9H11BrFN3O3. The van der Waals surface area contributed by atoms with E-state index < -0.39 is 24.2 Å². The largest absolute Gasteiger partial charge is 0.394 e. The SMILES string of the molecule is Nc1nc(=O)n([C@@H]2O[C@H](CO)C[C@@H]2F)cc1Br. The third-order valence-corrected chi connectivity index (χ3v) is 3.15. The van der Waals surface area contributed by atoms with Crippen molar-refractivity contribution in [1.29, 1.82) is 0 Å². The molecule has 2 heterocycles. The summed E-state index contributed by atoms with van der Waals surface area (Å²) in [6.45, 7) is -0.282. The number of hydrogen-bond acceptors (Lipinski definition) is 5. The van der Waals surface area contributed by atoms with Gasteiger partial charge in [0, 0.05) is 12.6 Å². The molecule has 3 N–H and O–H groups in total. The Hall–Kier alpha value is -0.990. The van der Waals surface area contributed by atoms with Crippen LogP contribution in [0.15, 0.2) is 15.5 Å². The van der Waals surface area contributed by atoms with Gasteiger partial charge in [-0.1, -0.05) is 0 Å². The van der Waals surface area contributed by atoms with Gasteiger partial charge >= 0.3 is 5.69 Å². The Morgan fingerprint density at radius 1 is 1.76 bits per heavy atom. The standard InChI is InChI=1S/C9H11BrFN3O3/c10-5-2-14(9(16)13-7(5)12)8-6(11)1-4(3-15)17-8/h2,4,6,8,15H,1,3H2,(H2,12,13,16)/t4-,6-,8+/m0/s1. The first kappa shape index (κ1) is 12.5. The van der Waals surface area contributed by atoms with Gasteiger partial charge < -0.3 is 15.6 Å². The number of hydrogen-bond donors (Lipinski definition) is 2. The molecule has 8 heteroatoms. The van der Waals surface area contributed by atoms with Crippen molar-refractivity contribution in [1.82, 2.24) is 9.55 Å². The van der Waals surface area contributed by atoms with Gasteiger partial charge in [0.15, 0.2) is 6.23 Å². The summed E-state index contributed by atoms with van der Waals surface area (Å²) in [4.78, 5) is 15.1. The fourth-order valence-corrected chi connectivity index (χ4v) is 2.01. The van der Waals surface area contributed by atoms with Crippen molar-refractivity contribution in [3.63, 3.8) is 0 Å². The second-order valence-corrected chi connectivity index (χ2v) is 4.60. The van der Waals surface area contributed by atoms with Crippen molar-refractivity contribution >= 4 is 21.7 Å². The smallest absolute Gasteiger partial charge is 0.351 e. The molecule has 0 unspecified atom stereocenters. The van der Waals surface area contributed by atoms with Gasteiger partial charge in [0.05, 0.1) is 17.2 Å². The highest BCUT2D eigenvalue weighted by molar-refractivity contribution is 9.10. The Labute approximate surface area is 104 Å². The summed E-state index contributed by atoms with van der Waals surface area (Å²) in [5, 5.41) is 8.89. The van der Waals surface area contributed by atoms with Gasteiger partial charge in [-0.15, -0.1) is 0 Å². The molecule has 1 aromatic rings. The van der Waals surface area contributed by atoms with E-state index in [1.807, 2.05) is 0 Å². The molecule has 3 atom stereocenters. The van der Waals surface area contributed by atoms with Crippen molar-refractivity contribution in [2.75, 3.05) is 12.3 Å². The minimum atomic E-state index is -1.36. The van der Waals surface area contributed by atoms with Crippen LogP contribution in [0, 0.1) is 0 Å². The number of aliphatic hydroxyl groups excluding tert-OH is 1. The average Bonchev–Trinajstić information content (AvgIpc) is 2.65. The van der Waals surface area contributed by atoms with Crippen LogP contribution < -0.4 is 11.4 Å². The molecular weight excluding hydrogens is 297 g/mol. The van der Waals surface area contributed by atoms with Crippen LogP contribution >= 0.6 is 15.9 Å². The summed E-state index contributed by atoms with van der Waals surface area (Å²) in [6, 6.07) is 0. The Balaban J connectivity index is 2.35. The zero-order valence-corrected chi connectivity index (χ0v) is 10.3. The molecule has 17 heavy (non-hydrogen) atoms. The summed E-state index contributed by atoms with van der Waals surface area (Å²) < 4.78 is 20.3. The monoisotopic (exact) mass is 307 g/mol. The molecule has 0 amide bonds. The van der Waals surface area contributed by atoms with E-state index in [4.69, 9.17) is 15.6 Å². The number of aromatic nitrogens is 2. The number of nitrogen functional groups attached to an aromatic ring is 1. The molecule has 0 aromatic carbocycles. The van der Waals surface area contributed by atoms with E-state index in [2.05, 4.69) is 20.9 Å². The van der Waals surface area contributed by atoms with E-state index in [0.717, 1.165) is 4.57 Å². The van der Waals surface area contributed by atoms with Crippen molar-refractivity contribution in [2.24, 2.45) is 0 Å². The summed E-state index contributed by atoms with van der Waals surface area (Å²) in [5.41, 5.74) is 4.75. The van der Waals surface area contributed by atoms with Crippen molar-refractivity contribution in [2.45, 2.75) is 24.9 Å². The molecule has 0 spiro atoms. The predicted octanol–water partition coefficient (Wildman–Crippen LogP) is 0.206. The van der Waals surface area contributed by atoms with E-state index in [0.29, 0.717) is 4.47 Å². The van der Waals surface area contributed by atoms with E-state index in [9.17, 15) is 9.18 Å². The summed E-state index contributed by atoms with van der Waals surface area (Å²) >= 11 is 3.10. The molecule has 1 aromatic heterocycles. The van der Waals surface area contributed by atoms with Gasteiger partial charge in [-0.05, 0) is 15.9 Å². The van der Waals surface area contributed by atoms with E-state index in [-0.39, 0.29) is 18.8 Å². The quantitative estimate of drug-likeness (QED) is 0.815. The van der Waals surface area contributed by atoms with Crippen molar-refractivity contribution in [3.05, 3.63) is 21.2 Å².